The van der Waals surface area contributed by atoms with Gasteiger partial charge in [0, 0.05) is 55.0 Å². The Morgan fingerprint density at radius 1 is 0.977 bits per heavy atom. The lowest BCUT2D eigenvalue weighted by Crippen LogP contribution is -2.36. The Kier molecular flexibility index (Phi) is 8.91. The van der Waals surface area contributed by atoms with Crippen molar-refractivity contribution in [1.29, 1.82) is 0 Å². The van der Waals surface area contributed by atoms with Crippen molar-refractivity contribution in [2.75, 3.05) is 30.8 Å². The molecule has 10 nitrogen and oxygen atoms in total. The van der Waals surface area contributed by atoms with Gasteiger partial charge in [0.25, 0.3) is 6.43 Å². The summed E-state index contributed by atoms with van der Waals surface area (Å²) in [6.45, 7) is 1.51. The van der Waals surface area contributed by atoms with Crippen LogP contribution < -0.4 is 15.4 Å². The van der Waals surface area contributed by atoms with E-state index in [4.69, 9.17) is 20.4 Å². The average Bonchev–Trinajstić information content (AvgIpc) is 3.48. The number of aromatic nitrogens is 6. The molecule has 0 radical (unpaired) electrons. The van der Waals surface area contributed by atoms with Crippen LogP contribution in [0.15, 0.2) is 55.2 Å². The van der Waals surface area contributed by atoms with Gasteiger partial charge in [-0.1, -0.05) is 0 Å². The Balaban J connectivity index is 1.25. The number of nitrogen functional groups attached to an aromatic ring is 1. The summed E-state index contributed by atoms with van der Waals surface area (Å²) in [6.07, 6.45) is 8.82. The van der Waals surface area contributed by atoms with Crippen LogP contribution >= 0.6 is 0 Å². The zero-order chi connectivity index (χ0) is 30.6. The summed E-state index contributed by atoms with van der Waals surface area (Å²) in [5.41, 5.74) is 8.93. The third-order valence-corrected chi connectivity index (χ3v) is 8.24. The summed E-state index contributed by atoms with van der Waals surface area (Å²) in [6, 6.07) is 7.25. The molecule has 1 aliphatic heterocycles. The van der Waals surface area contributed by atoms with Crippen molar-refractivity contribution in [3.63, 3.8) is 0 Å². The van der Waals surface area contributed by atoms with E-state index in [2.05, 4.69) is 27.0 Å². The molecule has 232 valence electrons. The summed E-state index contributed by atoms with van der Waals surface area (Å²) in [7, 11) is 2.12. The fraction of sp³-hybridized carbons (Fsp3) is 0.452. The largest absolute Gasteiger partial charge is 0.489 e. The number of halogens is 3. The first-order chi connectivity index (χ1) is 21.3. The normalized spacial score (nSPS) is 19.8. The van der Waals surface area contributed by atoms with Gasteiger partial charge >= 0.3 is 0 Å². The highest BCUT2D eigenvalue weighted by Crippen LogP contribution is 2.36. The maximum atomic E-state index is 14.1. The quantitative estimate of drug-likeness (QED) is 0.262. The molecule has 1 saturated heterocycles. The second-order valence-electron chi connectivity index (χ2n) is 11.5. The van der Waals surface area contributed by atoms with Gasteiger partial charge in [-0.15, -0.1) is 0 Å². The zero-order valence-electron chi connectivity index (χ0n) is 24.6. The minimum atomic E-state index is -2.53. The Morgan fingerprint density at radius 3 is 2.48 bits per heavy atom. The first kappa shape index (κ1) is 29.8. The fourth-order valence-electron chi connectivity index (χ4n) is 5.84. The van der Waals surface area contributed by atoms with Crippen LogP contribution in [0.4, 0.5) is 30.5 Å². The molecule has 1 aliphatic carbocycles. The lowest BCUT2D eigenvalue weighted by Gasteiger charge is -2.35. The summed E-state index contributed by atoms with van der Waals surface area (Å²) in [4.78, 5) is 22.7. The van der Waals surface area contributed by atoms with E-state index in [1.807, 2.05) is 17.0 Å². The number of hydrogen-bond donors (Lipinski definition) is 1. The fourth-order valence-corrected chi connectivity index (χ4v) is 5.84. The lowest BCUT2D eigenvalue weighted by molar-refractivity contribution is 0.114. The first-order valence-electron chi connectivity index (χ1n) is 15.0. The van der Waals surface area contributed by atoms with Gasteiger partial charge in [0.05, 0.1) is 23.7 Å². The maximum Gasteiger partial charge on any atom is 0.257 e. The van der Waals surface area contributed by atoms with Gasteiger partial charge in [-0.3, -0.25) is 9.67 Å². The van der Waals surface area contributed by atoms with Crippen molar-refractivity contribution in [3.8, 4) is 28.4 Å². The molecule has 6 rings (SSSR count). The number of alkyl halides is 3. The molecule has 0 spiro atoms. The predicted octanol–water partition coefficient (Wildman–Crippen LogP) is 5.54. The maximum absolute atomic E-state index is 14.1. The third-order valence-electron chi connectivity index (χ3n) is 8.24. The molecule has 0 bridgehead atoms. The number of anilines is 3. The highest BCUT2D eigenvalue weighted by molar-refractivity contribution is 5.76. The summed E-state index contributed by atoms with van der Waals surface area (Å²) in [5, 5.41) is 4.01. The van der Waals surface area contributed by atoms with Crippen molar-refractivity contribution in [2.45, 2.75) is 69.8 Å². The monoisotopic (exact) mass is 607 g/mol. The Morgan fingerprint density at radius 2 is 1.77 bits per heavy atom. The molecule has 13 heteroatoms. The molecule has 44 heavy (non-hydrogen) atoms. The second-order valence-corrected chi connectivity index (χ2v) is 11.5. The number of nitrogens with two attached hydrogens (primary N) is 1. The smallest absolute Gasteiger partial charge is 0.257 e. The molecule has 1 saturated carbocycles. The van der Waals surface area contributed by atoms with Crippen LogP contribution in [0.25, 0.3) is 22.6 Å². The van der Waals surface area contributed by atoms with Crippen LogP contribution in [0.3, 0.4) is 0 Å². The predicted molar refractivity (Wildman–Crippen MR) is 162 cm³/mol. The van der Waals surface area contributed by atoms with E-state index in [-0.39, 0.29) is 12.1 Å². The molecular formula is C31H36F3N9O. The molecule has 2 N–H and O–H groups in total. The standard InChI is InChI=1S/C31H36F3N9O/c1-41-12-9-23(10-13-41)44-24-6-7-27(37-16-24)25-17-38-30(14-26(25)35)43(22-4-2-21(32)3-5-22)29-8-11-36-31(40-29)20-15-39-42(18-20)19-28(33)34/h6-8,11,14-18,21-23,28H,2-5,9-10,12-13,19H2,1H3,(H2,35,38). The molecule has 0 atom stereocenters. The minimum Gasteiger partial charge on any atom is -0.489 e. The van der Waals surface area contributed by atoms with E-state index in [1.165, 1.54) is 17.1 Å². The number of nitrogens with zero attached hydrogens (tertiary/aromatic N) is 8. The molecule has 4 aromatic rings. The van der Waals surface area contributed by atoms with Crippen molar-refractivity contribution >= 4 is 17.3 Å². The van der Waals surface area contributed by atoms with E-state index in [0.29, 0.717) is 65.7 Å². The van der Waals surface area contributed by atoms with Crippen LogP contribution in [0.2, 0.25) is 0 Å². The van der Waals surface area contributed by atoms with Crippen molar-refractivity contribution in [1.82, 2.24) is 34.6 Å². The number of likely N-dealkylation sites (tertiary alicyclic amines) is 1. The van der Waals surface area contributed by atoms with Gasteiger partial charge < -0.3 is 20.3 Å². The van der Waals surface area contributed by atoms with E-state index in [1.54, 1.807) is 30.7 Å². The average molecular weight is 608 g/mol. The minimum absolute atomic E-state index is 0.0711. The van der Waals surface area contributed by atoms with Crippen LogP contribution in [-0.4, -0.2) is 79.5 Å². The Labute approximate surface area is 254 Å². The SMILES string of the molecule is CN1CCC(Oc2ccc(-c3cnc(N(c4ccnc(-c5cnn(CC(F)F)c5)n4)C4CCC(F)CC4)cc3N)nc2)CC1. The van der Waals surface area contributed by atoms with Gasteiger partial charge in [-0.25, -0.2) is 28.1 Å². The number of pyridine rings is 2. The molecule has 2 aliphatic rings. The molecular weight excluding hydrogens is 571 g/mol. The third kappa shape index (κ3) is 6.93. The molecule has 0 amide bonds. The van der Waals surface area contributed by atoms with E-state index >= 15 is 0 Å². The van der Waals surface area contributed by atoms with Crippen LogP contribution in [0, 0.1) is 0 Å². The van der Waals surface area contributed by atoms with Crippen molar-refractivity contribution < 1.29 is 17.9 Å². The van der Waals surface area contributed by atoms with Gasteiger partial charge in [0.1, 0.15) is 36.2 Å². The highest BCUT2D eigenvalue weighted by Gasteiger charge is 2.29. The van der Waals surface area contributed by atoms with Crippen LogP contribution in [0.5, 0.6) is 5.75 Å². The topological polar surface area (TPSA) is 111 Å². The Bertz CT molecular complexity index is 1530. The second kappa shape index (κ2) is 13.2. The van der Waals surface area contributed by atoms with E-state index in [9.17, 15) is 13.2 Å². The zero-order valence-corrected chi connectivity index (χ0v) is 24.6. The summed E-state index contributed by atoms with van der Waals surface area (Å²) < 4.78 is 47.1. The van der Waals surface area contributed by atoms with Gasteiger partial charge in [0.15, 0.2) is 5.82 Å². The van der Waals surface area contributed by atoms with Crippen LogP contribution in [-0.2, 0) is 6.54 Å². The summed E-state index contributed by atoms with van der Waals surface area (Å²) in [5.74, 6) is 2.17. The first-order valence-corrected chi connectivity index (χ1v) is 15.0. The molecule has 0 unspecified atom stereocenters. The number of piperidine rings is 1. The highest BCUT2D eigenvalue weighted by atomic mass is 19.3. The van der Waals surface area contributed by atoms with Gasteiger partial charge in [-0.2, -0.15) is 5.10 Å². The number of hydrogen-bond acceptors (Lipinski definition) is 9. The van der Waals surface area contributed by atoms with Gasteiger partial charge in [0.2, 0.25) is 0 Å². The van der Waals surface area contributed by atoms with Crippen LogP contribution in [0.1, 0.15) is 38.5 Å². The molecule has 0 aromatic carbocycles. The van der Waals surface area contributed by atoms with Gasteiger partial charge in [-0.05, 0) is 63.8 Å². The van der Waals surface area contributed by atoms with E-state index in [0.717, 1.165) is 31.7 Å². The van der Waals surface area contributed by atoms with Crippen molar-refractivity contribution in [2.24, 2.45) is 0 Å². The number of rotatable bonds is 9. The Hall–Kier alpha value is -4.26. The number of ether oxygens (including phenoxy) is 1. The molecule has 5 heterocycles. The van der Waals surface area contributed by atoms with Crippen molar-refractivity contribution in [3.05, 3.63) is 55.2 Å². The van der Waals surface area contributed by atoms with E-state index < -0.39 is 19.1 Å². The molecule has 4 aromatic heterocycles. The molecule has 2 fully saturated rings. The summed E-state index contributed by atoms with van der Waals surface area (Å²) >= 11 is 0. The lowest BCUT2D eigenvalue weighted by atomic mass is 9.92.